The molecule has 0 spiro atoms. The van der Waals surface area contributed by atoms with E-state index in [2.05, 4.69) is 25.9 Å². The zero-order valence-electron chi connectivity index (χ0n) is 14.7. The van der Waals surface area contributed by atoms with Crippen molar-refractivity contribution in [3.05, 3.63) is 50.9 Å². The van der Waals surface area contributed by atoms with Gasteiger partial charge in [-0.2, -0.15) is 0 Å². The number of carbonyl (C=O) groups is 1. The molecular weight excluding hydrogens is 485 g/mol. The highest BCUT2D eigenvalue weighted by atomic mass is 127. The monoisotopic (exact) mass is 507 g/mol. The molecule has 2 aromatic rings. The number of nitrogens with one attached hydrogen (secondary N) is 3. The predicted molar refractivity (Wildman–Crippen MR) is 119 cm³/mol. The molecule has 0 unspecified atom stereocenters. The van der Waals surface area contributed by atoms with E-state index in [0.29, 0.717) is 29.6 Å². The van der Waals surface area contributed by atoms with E-state index < -0.39 is 0 Å². The summed E-state index contributed by atoms with van der Waals surface area (Å²) in [7, 11) is 1.72. The Morgan fingerprint density at radius 1 is 1.15 bits per heavy atom. The molecule has 3 N–H and O–H groups in total. The van der Waals surface area contributed by atoms with Gasteiger partial charge in [-0.15, -0.1) is 35.3 Å². The Hall–Kier alpha value is -1.39. The standard InChI is InChI=1S/C17H22ClN5OS.HI/c1-12-11-23-15(25-12)7-8-21-17(19-2)22-10-9-20-16(24)13-3-5-14(18)6-4-13;/h3-6,11H,7-10H2,1-2H3,(H,20,24)(H2,19,21,22);1H. The van der Waals surface area contributed by atoms with Crippen molar-refractivity contribution in [2.75, 3.05) is 26.7 Å². The third-order valence-corrected chi connectivity index (χ3v) is 4.56. The Bertz CT molecular complexity index is 720. The summed E-state index contributed by atoms with van der Waals surface area (Å²) in [6.45, 7) is 3.88. The second-order valence-electron chi connectivity index (χ2n) is 5.30. The van der Waals surface area contributed by atoms with E-state index >= 15 is 0 Å². The van der Waals surface area contributed by atoms with E-state index in [4.69, 9.17) is 11.6 Å². The van der Waals surface area contributed by atoms with Crippen LogP contribution >= 0.6 is 46.9 Å². The molecule has 0 radical (unpaired) electrons. The van der Waals surface area contributed by atoms with Crippen LogP contribution in [0.15, 0.2) is 35.5 Å². The van der Waals surface area contributed by atoms with Gasteiger partial charge < -0.3 is 16.0 Å². The van der Waals surface area contributed by atoms with E-state index in [1.807, 2.05) is 13.1 Å². The number of hydrogen-bond donors (Lipinski definition) is 3. The fourth-order valence-electron chi connectivity index (χ4n) is 2.09. The third-order valence-electron chi connectivity index (χ3n) is 3.33. The Morgan fingerprint density at radius 2 is 1.81 bits per heavy atom. The molecule has 9 heteroatoms. The molecule has 1 heterocycles. The minimum absolute atomic E-state index is 0. The molecule has 1 amide bonds. The second-order valence-corrected chi connectivity index (χ2v) is 7.06. The maximum absolute atomic E-state index is 12.0. The van der Waals surface area contributed by atoms with Gasteiger partial charge in [0.05, 0.1) is 5.01 Å². The lowest BCUT2D eigenvalue weighted by molar-refractivity contribution is 0.0954. The lowest BCUT2D eigenvalue weighted by Crippen LogP contribution is -2.42. The summed E-state index contributed by atoms with van der Waals surface area (Å²) in [6.07, 6.45) is 2.74. The molecule has 2 rings (SSSR count). The molecule has 0 bridgehead atoms. The van der Waals surface area contributed by atoms with Gasteiger partial charge in [-0.3, -0.25) is 9.79 Å². The normalized spacial score (nSPS) is 10.8. The van der Waals surface area contributed by atoms with E-state index in [-0.39, 0.29) is 29.9 Å². The number of guanidine groups is 1. The molecule has 142 valence electrons. The topological polar surface area (TPSA) is 78.4 Å². The number of thiazole rings is 1. The molecule has 0 aliphatic rings. The predicted octanol–water partition coefficient (Wildman–Crippen LogP) is 2.86. The largest absolute Gasteiger partial charge is 0.356 e. The number of benzene rings is 1. The molecule has 1 aromatic heterocycles. The van der Waals surface area contributed by atoms with Crippen LogP contribution in [0.2, 0.25) is 5.02 Å². The molecule has 0 aliphatic carbocycles. The van der Waals surface area contributed by atoms with Crippen LogP contribution in [0.5, 0.6) is 0 Å². The van der Waals surface area contributed by atoms with Crippen LogP contribution in [0.3, 0.4) is 0 Å². The van der Waals surface area contributed by atoms with Crippen LogP contribution in [-0.2, 0) is 6.42 Å². The van der Waals surface area contributed by atoms with Gasteiger partial charge in [0.25, 0.3) is 5.91 Å². The SMILES string of the molecule is CN=C(NCCNC(=O)c1ccc(Cl)cc1)NCCc1ncc(C)s1.I. The number of nitrogens with zero attached hydrogens (tertiary/aromatic N) is 2. The Morgan fingerprint density at radius 3 is 2.42 bits per heavy atom. The average Bonchev–Trinajstić information content (AvgIpc) is 3.02. The average molecular weight is 508 g/mol. The molecule has 0 saturated heterocycles. The van der Waals surface area contributed by atoms with Gasteiger partial charge in [0.15, 0.2) is 5.96 Å². The summed E-state index contributed by atoms with van der Waals surface area (Å²) in [6, 6.07) is 6.80. The molecular formula is C17H23ClIN5OS. The molecule has 0 fully saturated rings. The van der Waals surface area contributed by atoms with Gasteiger partial charge in [0.1, 0.15) is 0 Å². The van der Waals surface area contributed by atoms with Crippen molar-refractivity contribution >= 4 is 58.8 Å². The lowest BCUT2D eigenvalue weighted by atomic mass is 10.2. The van der Waals surface area contributed by atoms with Crippen LogP contribution < -0.4 is 16.0 Å². The summed E-state index contributed by atoms with van der Waals surface area (Å²) >= 11 is 7.51. The summed E-state index contributed by atoms with van der Waals surface area (Å²) in [5, 5.41) is 11.0. The number of hydrogen-bond acceptors (Lipinski definition) is 4. The van der Waals surface area contributed by atoms with E-state index in [9.17, 15) is 4.79 Å². The van der Waals surface area contributed by atoms with E-state index in [1.165, 1.54) is 4.88 Å². The zero-order valence-corrected chi connectivity index (χ0v) is 18.6. The first-order chi connectivity index (χ1) is 12.1. The maximum atomic E-state index is 12.0. The summed E-state index contributed by atoms with van der Waals surface area (Å²) in [5.41, 5.74) is 0.589. The third kappa shape index (κ3) is 7.88. The minimum atomic E-state index is -0.124. The number of amides is 1. The van der Waals surface area contributed by atoms with Gasteiger partial charge in [-0.25, -0.2) is 4.98 Å². The molecule has 26 heavy (non-hydrogen) atoms. The first-order valence-corrected chi connectivity index (χ1v) is 9.17. The number of aromatic nitrogens is 1. The van der Waals surface area contributed by atoms with Gasteiger partial charge in [0, 0.05) is 54.8 Å². The highest BCUT2D eigenvalue weighted by molar-refractivity contribution is 14.0. The minimum Gasteiger partial charge on any atom is -0.356 e. The number of aliphatic imine (C=N–C) groups is 1. The molecule has 0 saturated carbocycles. The summed E-state index contributed by atoms with van der Waals surface area (Å²) < 4.78 is 0. The van der Waals surface area contributed by atoms with E-state index in [0.717, 1.165) is 18.0 Å². The molecule has 1 aromatic carbocycles. The van der Waals surface area contributed by atoms with Crippen molar-refractivity contribution in [1.29, 1.82) is 0 Å². The number of rotatable bonds is 7. The Balaban J connectivity index is 0.00000338. The van der Waals surface area contributed by atoms with Crippen LogP contribution in [0, 0.1) is 6.92 Å². The lowest BCUT2D eigenvalue weighted by Gasteiger charge is -2.12. The quantitative estimate of drug-likeness (QED) is 0.233. The highest BCUT2D eigenvalue weighted by Gasteiger charge is 2.05. The number of aryl methyl sites for hydroxylation is 1. The van der Waals surface area contributed by atoms with Gasteiger partial charge in [-0.1, -0.05) is 11.6 Å². The zero-order chi connectivity index (χ0) is 18.1. The second kappa shape index (κ2) is 12.1. The van der Waals surface area contributed by atoms with Crippen LogP contribution in [0.1, 0.15) is 20.2 Å². The first kappa shape index (κ1) is 22.7. The molecule has 0 atom stereocenters. The van der Waals surface area contributed by atoms with Crippen molar-refractivity contribution in [3.8, 4) is 0 Å². The van der Waals surface area contributed by atoms with Crippen LogP contribution in [0.25, 0.3) is 0 Å². The van der Waals surface area contributed by atoms with Gasteiger partial charge in [0.2, 0.25) is 0 Å². The first-order valence-electron chi connectivity index (χ1n) is 7.98. The van der Waals surface area contributed by atoms with Crippen molar-refractivity contribution in [2.45, 2.75) is 13.3 Å². The Kier molecular flexibility index (Phi) is 10.5. The van der Waals surface area contributed by atoms with Crippen LogP contribution in [0.4, 0.5) is 0 Å². The van der Waals surface area contributed by atoms with E-state index in [1.54, 1.807) is 42.6 Å². The maximum Gasteiger partial charge on any atom is 0.251 e. The molecule has 0 aliphatic heterocycles. The Labute approximate surface area is 179 Å². The van der Waals surface area contributed by atoms with Crippen molar-refractivity contribution in [1.82, 2.24) is 20.9 Å². The smallest absolute Gasteiger partial charge is 0.251 e. The highest BCUT2D eigenvalue weighted by Crippen LogP contribution is 2.11. The number of halogens is 2. The fourth-order valence-corrected chi connectivity index (χ4v) is 3.00. The van der Waals surface area contributed by atoms with Crippen molar-refractivity contribution < 1.29 is 4.79 Å². The van der Waals surface area contributed by atoms with Gasteiger partial charge in [-0.05, 0) is 31.2 Å². The fraction of sp³-hybridized carbons (Fsp3) is 0.353. The van der Waals surface area contributed by atoms with Crippen molar-refractivity contribution in [3.63, 3.8) is 0 Å². The number of carbonyl (C=O) groups excluding carboxylic acids is 1. The van der Waals surface area contributed by atoms with Gasteiger partial charge >= 0.3 is 0 Å². The van der Waals surface area contributed by atoms with Crippen molar-refractivity contribution in [2.24, 2.45) is 4.99 Å². The summed E-state index contributed by atoms with van der Waals surface area (Å²) in [4.78, 5) is 21.7. The van der Waals surface area contributed by atoms with Crippen LogP contribution in [-0.4, -0.2) is 43.5 Å². The molecule has 6 nitrogen and oxygen atoms in total. The summed E-state index contributed by atoms with van der Waals surface area (Å²) in [5.74, 6) is 0.578.